The molecular formula is C16H32N2. The molecule has 18 heavy (non-hydrogen) atoms. The van der Waals surface area contributed by atoms with Crippen LogP contribution in [0.2, 0.25) is 0 Å². The van der Waals surface area contributed by atoms with E-state index in [9.17, 15) is 0 Å². The average molecular weight is 252 g/mol. The minimum absolute atomic E-state index is 0.854. The Balaban J connectivity index is 1.72. The first-order valence-electron chi connectivity index (χ1n) is 8.34. The van der Waals surface area contributed by atoms with Crippen molar-refractivity contribution in [3.63, 3.8) is 0 Å². The summed E-state index contributed by atoms with van der Waals surface area (Å²) >= 11 is 0. The summed E-state index contributed by atoms with van der Waals surface area (Å²) in [6, 6.07) is 0.889. The molecule has 0 aromatic rings. The molecule has 2 nitrogen and oxygen atoms in total. The molecular weight excluding hydrogens is 220 g/mol. The van der Waals surface area contributed by atoms with Gasteiger partial charge in [0.05, 0.1) is 0 Å². The fraction of sp³-hybridized carbons (Fsp3) is 1.00. The molecule has 2 heteroatoms. The van der Waals surface area contributed by atoms with Crippen LogP contribution in [-0.4, -0.2) is 30.6 Å². The van der Waals surface area contributed by atoms with Gasteiger partial charge in [-0.3, -0.25) is 0 Å². The molecule has 2 aliphatic rings. The van der Waals surface area contributed by atoms with Crippen LogP contribution in [0.25, 0.3) is 0 Å². The smallest absolute Gasteiger partial charge is 0.00952 e. The van der Waals surface area contributed by atoms with Crippen LogP contribution in [0.3, 0.4) is 0 Å². The zero-order chi connectivity index (χ0) is 12.6. The van der Waals surface area contributed by atoms with Crippen molar-refractivity contribution in [1.29, 1.82) is 0 Å². The fourth-order valence-electron chi connectivity index (χ4n) is 3.86. The molecule has 0 unspecified atom stereocenters. The van der Waals surface area contributed by atoms with Crippen molar-refractivity contribution < 1.29 is 0 Å². The summed E-state index contributed by atoms with van der Waals surface area (Å²) < 4.78 is 0. The predicted octanol–water partition coefficient (Wildman–Crippen LogP) is 3.55. The van der Waals surface area contributed by atoms with Gasteiger partial charge >= 0.3 is 0 Å². The normalized spacial score (nSPS) is 23.0. The summed E-state index contributed by atoms with van der Waals surface area (Å²) in [6.07, 6.45) is 15.8. The second-order valence-electron chi connectivity index (χ2n) is 6.41. The van der Waals surface area contributed by atoms with Crippen molar-refractivity contribution in [2.45, 2.75) is 76.7 Å². The van der Waals surface area contributed by atoms with Gasteiger partial charge in [-0.15, -0.1) is 0 Å². The molecule has 0 aliphatic heterocycles. The van der Waals surface area contributed by atoms with Crippen LogP contribution in [0.15, 0.2) is 0 Å². The van der Waals surface area contributed by atoms with E-state index in [-0.39, 0.29) is 0 Å². The van der Waals surface area contributed by atoms with Crippen LogP contribution >= 0.6 is 0 Å². The second kappa shape index (κ2) is 8.16. The lowest BCUT2D eigenvalue weighted by Gasteiger charge is -2.31. The molecule has 0 radical (unpaired) electrons. The maximum Gasteiger partial charge on any atom is 0.00952 e. The largest absolute Gasteiger partial charge is 0.330 e. The van der Waals surface area contributed by atoms with E-state index < -0.39 is 0 Å². The first-order chi connectivity index (χ1) is 8.90. The van der Waals surface area contributed by atoms with Crippen molar-refractivity contribution in [2.24, 2.45) is 11.7 Å². The van der Waals surface area contributed by atoms with E-state index in [4.69, 9.17) is 5.73 Å². The SMILES string of the molecule is NCCCN(CCC1CCCCC1)C1CCCC1. The second-order valence-corrected chi connectivity index (χ2v) is 6.41. The molecule has 0 aromatic heterocycles. The van der Waals surface area contributed by atoms with Crippen molar-refractivity contribution in [2.75, 3.05) is 19.6 Å². The van der Waals surface area contributed by atoms with E-state index in [1.807, 2.05) is 0 Å². The van der Waals surface area contributed by atoms with E-state index >= 15 is 0 Å². The highest BCUT2D eigenvalue weighted by Gasteiger charge is 2.23. The zero-order valence-electron chi connectivity index (χ0n) is 12.1. The van der Waals surface area contributed by atoms with Gasteiger partial charge in [0.2, 0.25) is 0 Å². The molecule has 2 fully saturated rings. The van der Waals surface area contributed by atoms with Gasteiger partial charge in [0.25, 0.3) is 0 Å². The number of nitrogens with zero attached hydrogens (tertiary/aromatic N) is 1. The molecule has 2 N–H and O–H groups in total. The van der Waals surface area contributed by atoms with Crippen LogP contribution in [0, 0.1) is 5.92 Å². The highest BCUT2D eigenvalue weighted by Crippen LogP contribution is 2.28. The van der Waals surface area contributed by atoms with Crippen molar-refractivity contribution in [3.8, 4) is 0 Å². The van der Waals surface area contributed by atoms with E-state index in [0.717, 1.165) is 18.5 Å². The monoisotopic (exact) mass is 252 g/mol. The molecule has 2 saturated carbocycles. The molecule has 0 aromatic carbocycles. The summed E-state index contributed by atoms with van der Waals surface area (Å²) in [5.41, 5.74) is 5.69. The van der Waals surface area contributed by atoms with Crippen molar-refractivity contribution >= 4 is 0 Å². The van der Waals surface area contributed by atoms with Crippen LogP contribution in [0.4, 0.5) is 0 Å². The summed E-state index contributed by atoms with van der Waals surface area (Å²) in [5.74, 6) is 1.03. The minimum Gasteiger partial charge on any atom is -0.330 e. The maximum atomic E-state index is 5.69. The third-order valence-corrected chi connectivity index (χ3v) is 5.04. The van der Waals surface area contributed by atoms with Gasteiger partial charge in [-0.2, -0.15) is 0 Å². The average Bonchev–Trinajstić information content (AvgIpc) is 2.94. The minimum atomic E-state index is 0.854. The molecule has 106 valence electrons. The van der Waals surface area contributed by atoms with E-state index in [1.54, 1.807) is 0 Å². The highest BCUT2D eigenvalue weighted by atomic mass is 15.2. The van der Waals surface area contributed by atoms with Gasteiger partial charge in [0.1, 0.15) is 0 Å². The Morgan fingerprint density at radius 3 is 2.17 bits per heavy atom. The Labute approximate surface area is 113 Å². The summed E-state index contributed by atoms with van der Waals surface area (Å²) in [6.45, 7) is 3.44. The zero-order valence-corrected chi connectivity index (χ0v) is 12.1. The molecule has 0 spiro atoms. The quantitative estimate of drug-likeness (QED) is 0.751. The van der Waals surface area contributed by atoms with Gasteiger partial charge < -0.3 is 10.6 Å². The standard InChI is InChI=1S/C16H32N2/c17-12-6-13-18(16-9-4-5-10-16)14-11-15-7-2-1-3-8-15/h15-16H,1-14,17H2. The lowest BCUT2D eigenvalue weighted by molar-refractivity contribution is 0.174. The Kier molecular flexibility index (Phi) is 6.50. The molecule has 0 amide bonds. The van der Waals surface area contributed by atoms with Crippen molar-refractivity contribution in [3.05, 3.63) is 0 Å². The first-order valence-corrected chi connectivity index (χ1v) is 8.34. The van der Waals surface area contributed by atoms with Crippen LogP contribution < -0.4 is 5.73 Å². The molecule has 0 saturated heterocycles. The summed E-state index contributed by atoms with van der Waals surface area (Å²) in [4.78, 5) is 2.77. The molecule has 2 rings (SSSR count). The lowest BCUT2D eigenvalue weighted by atomic mass is 9.87. The molecule has 2 aliphatic carbocycles. The molecule has 0 heterocycles. The summed E-state index contributed by atoms with van der Waals surface area (Å²) in [7, 11) is 0. The fourth-order valence-corrected chi connectivity index (χ4v) is 3.86. The van der Waals surface area contributed by atoms with Crippen LogP contribution in [-0.2, 0) is 0 Å². The summed E-state index contributed by atoms with van der Waals surface area (Å²) in [5, 5.41) is 0. The Bertz CT molecular complexity index is 205. The predicted molar refractivity (Wildman–Crippen MR) is 78.7 cm³/mol. The number of hydrogen-bond donors (Lipinski definition) is 1. The number of hydrogen-bond acceptors (Lipinski definition) is 2. The highest BCUT2D eigenvalue weighted by molar-refractivity contribution is 4.78. The van der Waals surface area contributed by atoms with Gasteiger partial charge in [-0.05, 0) is 51.2 Å². The van der Waals surface area contributed by atoms with Gasteiger partial charge in [0.15, 0.2) is 0 Å². The number of nitrogens with two attached hydrogens (primary N) is 1. The van der Waals surface area contributed by atoms with E-state index in [0.29, 0.717) is 0 Å². The lowest BCUT2D eigenvalue weighted by Crippen LogP contribution is -2.36. The van der Waals surface area contributed by atoms with Crippen LogP contribution in [0.1, 0.15) is 70.6 Å². The van der Waals surface area contributed by atoms with E-state index in [2.05, 4.69) is 4.90 Å². The van der Waals surface area contributed by atoms with E-state index in [1.165, 1.54) is 83.7 Å². The topological polar surface area (TPSA) is 29.3 Å². The third kappa shape index (κ3) is 4.55. The number of rotatable bonds is 7. The van der Waals surface area contributed by atoms with Crippen LogP contribution in [0.5, 0.6) is 0 Å². The van der Waals surface area contributed by atoms with Gasteiger partial charge in [-0.1, -0.05) is 44.9 Å². The molecule has 0 atom stereocenters. The van der Waals surface area contributed by atoms with Gasteiger partial charge in [0, 0.05) is 6.04 Å². The maximum absolute atomic E-state index is 5.69. The molecule has 0 bridgehead atoms. The van der Waals surface area contributed by atoms with Crippen molar-refractivity contribution in [1.82, 2.24) is 4.90 Å². The third-order valence-electron chi connectivity index (χ3n) is 5.04. The Morgan fingerprint density at radius 2 is 1.50 bits per heavy atom. The Morgan fingerprint density at radius 1 is 0.833 bits per heavy atom. The first kappa shape index (κ1) is 14.3. The Hall–Kier alpha value is -0.0800. The van der Waals surface area contributed by atoms with Gasteiger partial charge in [-0.25, -0.2) is 0 Å².